The minimum absolute atomic E-state index is 0.0108. The molecule has 14 heteroatoms. The highest BCUT2D eigenvalue weighted by molar-refractivity contribution is 5.83. The summed E-state index contributed by atoms with van der Waals surface area (Å²) in [6.45, 7) is 36.4. The van der Waals surface area contributed by atoms with Gasteiger partial charge in [0.15, 0.2) is 0 Å². The number of azide groups is 1. The van der Waals surface area contributed by atoms with Crippen molar-refractivity contribution < 1.29 is 9.47 Å². The summed E-state index contributed by atoms with van der Waals surface area (Å²) >= 11 is 0. The molecule has 0 unspecified atom stereocenters. The van der Waals surface area contributed by atoms with Gasteiger partial charge in [-0.2, -0.15) is 0 Å². The molecule has 3 heterocycles. The van der Waals surface area contributed by atoms with Crippen molar-refractivity contribution in [3.63, 3.8) is 0 Å². The molecule has 0 N–H and O–H groups in total. The predicted molar refractivity (Wildman–Crippen MR) is 232 cm³/mol. The second-order valence-corrected chi connectivity index (χ2v) is 13.9. The zero-order valence-corrected chi connectivity index (χ0v) is 33.7. The number of terminal acetylenes is 1. The fourth-order valence-electron chi connectivity index (χ4n) is 6.46. The topological polar surface area (TPSA) is 163 Å². The van der Waals surface area contributed by atoms with Crippen molar-refractivity contribution in [2.45, 2.75) is 38.9 Å². The van der Waals surface area contributed by atoms with Gasteiger partial charge in [-0.05, 0) is 68.6 Å². The summed E-state index contributed by atoms with van der Waals surface area (Å²) in [5.74, 6) is 2.58. The first-order valence-corrected chi connectivity index (χ1v) is 18.3. The first-order valence-electron chi connectivity index (χ1n) is 18.3. The summed E-state index contributed by atoms with van der Waals surface area (Å²) in [5.41, 5.74) is 13.3. The molecule has 5 aromatic rings. The number of hydrogen-bond acceptors (Lipinski definition) is 7. The molecule has 0 radical (unpaired) electrons. The van der Waals surface area contributed by atoms with Gasteiger partial charge in [-0.15, -0.1) is 11.5 Å². The van der Waals surface area contributed by atoms with Crippen LogP contribution in [-0.2, 0) is 9.47 Å². The summed E-state index contributed by atoms with van der Waals surface area (Å²) in [4.78, 5) is 16.1. The Hall–Kier alpha value is -9.61. The maximum Gasteiger partial charge on any atom is 0.292 e. The van der Waals surface area contributed by atoms with Crippen molar-refractivity contribution in [3.05, 3.63) is 222 Å². The summed E-state index contributed by atoms with van der Waals surface area (Å²) in [5, 5.41) is 30.2. The first kappa shape index (κ1) is 43.5. The van der Waals surface area contributed by atoms with E-state index in [1.165, 1.54) is 0 Å². The number of rotatable bonds is 5. The van der Waals surface area contributed by atoms with E-state index in [4.69, 9.17) is 53.0 Å². The van der Waals surface area contributed by atoms with Crippen LogP contribution in [0.3, 0.4) is 0 Å². The Bertz CT molecular complexity index is 2980. The average molecular weight is 809 g/mol. The van der Waals surface area contributed by atoms with Gasteiger partial charge < -0.3 is 9.47 Å². The SMILES string of the molecule is C#Cc1ccccc1.[C-]#[N+]C1=C(c2ccc(-n3cc(-c4ccccc4)nn3)cc2)C(C)(C)O/C1=C(\C#N)[N+]#[C-].[C-]#[N+]C1=C(c2ccc(N=[N+]=[N-])cc2)C(C)(C)O/C1=C(\C#N)[N+]#[C-]. The lowest BCUT2D eigenvalue weighted by Gasteiger charge is -2.24. The van der Waals surface area contributed by atoms with Crippen LogP contribution < -0.4 is 0 Å². The molecule has 0 fully saturated rings. The number of hydrogen-bond donors (Lipinski definition) is 0. The van der Waals surface area contributed by atoms with E-state index < -0.39 is 11.2 Å². The third-order valence-corrected chi connectivity index (χ3v) is 9.15. The Balaban J connectivity index is 0.000000205. The van der Waals surface area contributed by atoms with E-state index in [0.717, 1.165) is 28.1 Å². The Morgan fingerprint density at radius 2 is 1.16 bits per heavy atom. The number of ether oxygens (including phenoxy) is 2. The number of benzene rings is 4. The van der Waals surface area contributed by atoms with E-state index >= 15 is 0 Å². The molecule has 0 spiro atoms. The van der Waals surface area contributed by atoms with Crippen LogP contribution >= 0.6 is 0 Å². The lowest BCUT2D eigenvalue weighted by molar-refractivity contribution is 0.108. The number of nitrogens with zero attached hydrogens (tertiary/aromatic N) is 12. The molecule has 7 rings (SSSR count). The number of nitriles is 2. The molecule has 0 saturated carbocycles. The zero-order valence-electron chi connectivity index (χ0n) is 33.7. The van der Waals surface area contributed by atoms with Gasteiger partial charge in [-0.3, -0.25) is 0 Å². The summed E-state index contributed by atoms with van der Waals surface area (Å²) < 4.78 is 13.3. The normalized spacial score (nSPS) is 15.4. The number of aromatic nitrogens is 3. The Labute approximate surface area is 358 Å². The van der Waals surface area contributed by atoms with Crippen molar-refractivity contribution in [1.82, 2.24) is 15.0 Å². The highest BCUT2D eigenvalue weighted by Gasteiger charge is 2.41. The summed E-state index contributed by atoms with van der Waals surface area (Å²) in [7, 11) is 0. The van der Waals surface area contributed by atoms with Crippen molar-refractivity contribution in [3.8, 4) is 41.4 Å². The van der Waals surface area contributed by atoms with Gasteiger partial charge in [0.2, 0.25) is 11.4 Å². The van der Waals surface area contributed by atoms with Gasteiger partial charge in [-0.25, -0.2) is 34.6 Å². The van der Waals surface area contributed by atoms with Gasteiger partial charge in [0.25, 0.3) is 11.4 Å². The predicted octanol–water partition coefficient (Wildman–Crippen LogP) is 11.4. The van der Waals surface area contributed by atoms with Crippen LogP contribution in [0.1, 0.15) is 44.4 Å². The minimum atomic E-state index is -0.859. The Morgan fingerprint density at radius 1 is 0.694 bits per heavy atom. The van der Waals surface area contributed by atoms with E-state index in [0.29, 0.717) is 22.4 Å². The third-order valence-electron chi connectivity index (χ3n) is 9.15. The Kier molecular flexibility index (Phi) is 13.5. The molecule has 0 saturated heterocycles. The monoisotopic (exact) mass is 808 g/mol. The summed E-state index contributed by atoms with van der Waals surface area (Å²) in [6.07, 6.45) is 6.95. The second kappa shape index (κ2) is 19.2. The van der Waals surface area contributed by atoms with Crippen LogP contribution in [0, 0.1) is 61.3 Å². The van der Waals surface area contributed by atoms with Crippen LogP contribution in [0.5, 0.6) is 0 Å². The molecule has 1 aromatic heterocycles. The molecular formula is C48H32N12O2. The van der Waals surface area contributed by atoms with Gasteiger partial charge in [0.1, 0.15) is 28.4 Å². The molecular weight excluding hydrogens is 777 g/mol. The van der Waals surface area contributed by atoms with E-state index in [1.54, 1.807) is 48.9 Å². The fourth-order valence-corrected chi connectivity index (χ4v) is 6.46. The zero-order chi connectivity index (χ0) is 44.9. The largest absolute Gasteiger partial charge is 0.505 e. The number of allylic oxidation sites excluding steroid dienone is 2. The van der Waals surface area contributed by atoms with Crippen LogP contribution in [-0.4, -0.2) is 26.2 Å². The molecule has 296 valence electrons. The highest BCUT2D eigenvalue weighted by atomic mass is 16.5. The lowest BCUT2D eigenvalue weighted by Crippen LogP contribution is -2.21. The van der Waals surface area contributed by atoms with Gasteiger partial charge >= 0.3 is 0 Å². The molecule has 14 nitrogen and oxygen atoms in total. The standard InChI is InChI=1S/C24H16N6O.C16H10N6O.C8H6/c1-24(2)21(22(27-4)23(31-24)19(14-25)26-3)17-10-12-18(13-11-17)30-15-20(28-29-30)16-8-6-5-7-9-16;1-16(2)13(10-5-7-11(8-6-10)21-22-18)14(20-4)15(23-16)12(9-17)19-3;1-2-8-6-4-3-5-7-8/h5-13,15H,1-2H3;5-8H,1-2H3;1,3-7H/b23-19+;15-12+;. The molecule has 0 atom stereocenters. The molecule has 0 amide bonds. The second-order valence-electron chi connectivity index (χ2n) is 13.9. The lowest BCUT2D eigenvalue weighted by atomic mass is 9.91. The minimum Gasteiger partial charge on any atom is -0.505 e. The van der Waals surface area contributed by atoms with Crippen molar-refractivity contribution >= 4 is 16.8 Å². The fraction of sp³-hybridized carbons (Fsp3) is 0.125. The quantitative estimate of drug-likeness (QED) is 0.0428. The molecule has 0 aliphatic carbocycles. The molecule has 62 heavy (non-hydrogen) atoms. The highest BCUT2D eigenvalue weighted by Crippen LogP contribution is 2.47. The van der Waals surface area contributed by atoms with Crippen molar-refractivity contribution in [2.24, 2.45) is 5.11 Å². The van der Waals surface area contributed by atoms with Gasteiger partial charge in [-0.1, -0.05) is 101 Å². The van der Waals surface area contributed by atoms with E-state index in [1.807, 2.05) is 111 Å². The van der Waals surface area contributed by atoms with E-state index in [-0.39, 0.29) is 34.3 Å². The van der Waals surface area contributed by atoms with Crippen molar-refractivity contribution in [1.29, 1.82) is 10.5 Å². The Morgan fingerprint density at radius 3 is 1.56 bits per heavy atom. The first-order chi connectivity index (χ1) is 29.9. The average Bonchev–Trinajstić information content (AvgIpc) is 3.97. The maximum atomic E-state index is 9.23. The summed E-state index contributed by atoms with van der Waals surface area (Å²) in [6, 6.07) is 37.2. The van der Waals surface area contributed by atoms with Crippen LogP contribution in [0.25, 0.3) is 57.9 Å². The molecule has 2 aliphatic rings. The third kappa shape index (κ3) is 9.39. The van der Waals surface area contributed by atoms with E-state index in [9.17, 15) is 5.26 Å². The smallest absolute Gasteiger partial charge is 0.292 e. The van der Waals surface area contributed by atoms with Crippen molar-refractivity contribution in [2.75, 3.05) is 0 Å². The van der Waals surface area contributed by atoms with Crippen LogP contribution in [0.2, 0.25) is 0 Å². The molecule has 4 aromatic carbocycles. The van der Waals surface area contributed by atoms with Crippen LogP contribution in [0.15, 0.2) is 155 Å². The molecule has 2 aliphatic heterocycles. The van der Waals surface area contributed by atoms with Gasteiger partial charge in [0, 0.05) is 32.9 Å². The van der Waals surface area contributed by atoms with Gasteiger partial charge in [0.05, 0.1) is 50.3 Å². The van der Waals surface area contributed by atoms with Crippen LogP contribution in [0.4, 0.5) is 5.69 Å². The molecule has 0 bridgehead atoms. The maximum absolute atomic E-state index is 9.23. The van der Waals surface area contributed by atoms with E-state index in [2.05, 4.69) is 45.6 Å².